The zero-order valence-corrected chi connectivity index (χ0v) is 12.4. The van der Waals surface area contributed by atoms with Gasteiger partial charge in [-0.05, 0) is 11.6 Å². The maximum atomic E-state index is 11.6. The van der Waals surface area contributed by atoms with Crippen molar-refractivity contribution in [2.24, 2.45) is 0 Å². The molecule has 1 aromatic heterocycles. The molecule has 2 aliphatic rings. The third-order valence-corrected chi connectivity index (χ3v) is 4.25. The number of nitrogens with zero attached hydrogens (tertiary/aromatic N) is 3. The number of nitrogens with one attached hydrogen (secondary N) is 1. The summed E-state index contributed by atoms with van der Waals surface area (Å²) in [5.41, 5.74) is 1.22. The number of likely N-dealkylation sites (tertiary alicyclic amines) is 1. The van der Waals surface area contributed by atoms with Crippen molar-refractivity contribution in [3.63, 3.8) is 0 Å². The first-order chi connectivity index (χ1) is 10.3. The molecule has 114 valence electrons. The predicted octanol–water partition coefficient (Wildman–Crippen LogP) is -0.287. The summed E-state index contributed by atoms with van der Waals surface area (Å²) in [5.74, 6) is 0.0707. The van der Waals surface area contributed by atoms with E-state index in [9.17, 15) is 4.79 Å². The van der Waals surface area contributed by atoms with Gasteiger partial charge in [0.25, 0.3) is 0 Å². The molecule has 6 nitrogen and oxygen atoms in total. The number of carbonyl (C=O) groups excluding carboxylic acids is 1. The fourth-order valence-corrected chi connectivity index (χ4v) is 3.17. The number of hydrogen-bond donors (Lipinski definition) is 1. The number of aromatic nitrogens is 1. The third-order valence-electron chi connectivity index (χ3n) is 4.25. The molecule has 2 atom stereocenters. The van der Waals surface area contributed by atoms with Crippen molar-refractivity contribution in [2.45, 2.75) is 18.7 Å². The Hall–Kier alpha value is -1.50. The maximum absolute atomic E-state index is 11.6. The van der Waals surface area contributed by atoms with Gasteiger partial charge in [0.1, 0.15) is 0 Å². The van der Waals surface area contributed by atoms with Gasteiger partial charge in [-0.3, -0.25) is 19.6 Å². The zero-order chi connectivity index (χ0) is 14.7. The smallest absolute Gasteiger partial charge is 0.233 e. The lowest BCUT2D eigenvalue weighted by Crippen LogP contribution is -2.53. The van der Waals surface area contributed by atoms with Crippen LogP contribution in [0.2, 0.25) is 0 Å². The fraction of sp³-hybridized carbons (Fsp3) is 0.600. The largest absolute Gasteiger partial charge is 0.374 e. The normalized spacial score (nSPS) is 26.5. The van der Waals surface area contributed by atoms with Crippen LogP contribution in [0.4, 0.5) is 0 Å². The fourth-order valence-electron chi connectivity index (χ4n) is 3.17. The highest BCUT2D eigenvalue weighted by Crippen LogP contribution is 2.23. The van der Waals surface area contributed by atoms with Crippen molar-refractivity contribution in [2.75, 3.05) is 39.8 Å². The van der Waals surface area contributed by atoms with Crippen LogP contribution in [-0.4, -0.2) is 72.7 Å². The molecule has 0 radical (unpaired) electrons. The minimum atomic E-state index is 0.0707. The van der Waals surface area contributed by atoms with E-state index in [0.717, 1.165) is 26.2 Å². The van der Waals surface area contributed by atoms with Gasteiger partial charge in [-0.25, -0.2) is 0 Å². The Labute approximate surface area is 125 Å². The lowest BCUT2D eigenvalue weighted by Gasteiger charge is -2.36. The molecule has 3 rings (SSSR count). The van der Waals surface area contributed by atoms with Crippen LogP contribution in [0.15, 0.2) is 24.5 Å². The van der Waals surface area contributed by atoms with Crippen LogP contribution in [0.25, 0.3) is 0 Å². The molecule has 0 saturated carbocycles. The van der Waals surface area contributed by atoms with Gasteiger partial charge >= 0.3 is 0 Å². The van der Waals surface area contributed by atoms with Crippen LogP contribution in [0.5, 0.6) is 0 Å². The topological polar surface area (TPSA) is 57.7 Å². The van der Waals surface area contributed by atoms with E-state index in [0.29, 0.717) is 19.2 Å². The molecule has 0 spiro atoms. The van der Waals surface area contributed by atoms with Crippen molar-refractivity contribution in [3.05, 3.63) is 30.1 Å². The summed E-state index contributed by atoms with van der Waals surface area (Å²) in [4.78, 5) is 20.4. The van der Waals surface area contributed by atoms with Crippen LogP contribution in [0, 0.1) is 0 Å². The minimum Gasteiger partial charge on any atom is -0.374 e. The molecule has 1 amide bonds. The standard InChI is InChI=1S/C15H22N4O2/c1-16-15(20)11-19-5-6-21-14-10-18(9-13(14)19)8-12-3-2-4-17-7-12/h2-4,7,13-14H,5-6,8-11H2,1H3,(H,16,20)/t13-,14+/m0/s1. The van der Waals surface area contributed by atoms with Crippen molar-refractivity contribution in [1.82, 2.24) is 20.1 Å². The molecule has 0 aromatic carbocycles. The van der Waals surface area contributed by atoms with Crippen molar-refractivity contribution in [1.29, 1.82) is 0 Å². The molecule has 1 N–H and O–H groups in total. The number of likely N-dealkylation sites (N-methyl/N-ethyl adjacent to an activating group) is 1. The first-order valence-corrected chi connectivity index (χ1v) is 7.44. The van der Waals surface area contributed by atoms with E-state index >= 15 is 0 Å². The van der Waals surface area contributed by atoms with E-state index in [1.807, 2.05) is 12.3 Å². The Balaban J connectivity index is 1.61. The number of morpholine rings is 1. The highest BCUT2D eigenvalue weighted by molar-refractivity contribution is 5.77. The van der Waals surface area contributed by atoms with Crippen LogP contribution in [0.3, 0.4) is 0 Å². The van der Waals surface area contributed by atoms with Gasteiger partial charge in [-0.1, -0.05) is 6.07 Å². The quantitative estimate of drug-likeness (QED) is 0.826. The minimum absolute atomic E-state index is 0.0707. The number of hydrogen-bond acceptors (Lipinski definition) is 5. The second-order valence-corrected chi connectivity index (χ2v) is 5.68. The Bertz CT molecular complexity index is 482. The molecular formula is C15H22N4O2. The number of carbonyl (C=O) groups is 1. The van der Waals surface area contributed by atoms with Gasteiger partial charge < -0.3 is 10.1 Å². The van der Waals surface area contributed by atoms with E-state index in [1.54, 1.807) is 13.2 Å². The van der Waals surface area contributed by atoms with E-state index in [-0.39, 0.29) is 12.0 Å². The van der Waals surface area contributed by atoms with Gasteiger partial charge in [0, 0.05) is 45.6 Å². The Morgan fingerprint density at radius 1 is 1.52 bits per heavy atom. The van der Waals surface area contributed by atoms with Crippen LogP contribution in [-0.2, 0) is 16.1 Å². The van der Waals surface area contributed by atoms with Crippen LogP contribution >= 0.6 is 0 Å². The van der Waals surface area contributed by atoms with Crippen LogP contribution < -0.4 is 5.32 Å². The molecule has 6 heteroatoms. The van der Waals surface area contributed by atoms with Gasteiger partial charge in [-0.15, -0.1) is 0 Å². The third kappa shape index (κ3) is 3.40. The second-order valence-electron chi connectivity index (χ2n) is 5.68. The summed E-state index contributed by atoms with van der Waals surface area (Å²) in [6, 6.07) is 4.37. The molecule has 0 bridgehead atoms. The Morgan fingerprint density at radius 2 is 2.43 bits per heavy atom. The summed E-state index contributed by atoms with van der Waals surface area (Å²) in [5, 5.41) is 2.70. The van der Waals surface area contributed by atoms with Crippen molar-refractivity contribution in [3.8, 4) is 0 Å². The lowest BCUT2D eigenvalue weighted by molar-refractivity contribution is -0.125. The molecule has 3 heterocycles. The predicted molar refractivity (Wildman–Crippen MR) is 78.7 cm³/mol. The summed E-state index contributed by atoms with van der Waals surface area (Å²) in [6.45, 7) is 4.74. The van der Waals surface area contributed by atoms with Gasteiger partial charge in [0.2, 0.25) is 5.91 Å². The van der Waals surface area contributed by atoms with Gasteiger partial charge in [0.05, 0.1) is 25.3 Å². The summed E-state index contributed by atoms with van der Waals surface area (Å²) < 4.78 is 5.88. The van der Waals surface area contributed by atoms with Crippen LogP contribution in [0.1, 0.15) is 5.56 Å². The first kappa shape index (κ1) is 14.4. The maximum Gasteiger partial charge on any atom is 0.233 e. The van der Waals surface area contributed by atoms with Gasteiger partial charge in [-0.2, -0.15) is 0 Å². The second kappa shape index (κ2) is 6.51. The lowest BCUT2D eigenvalue weighted by atomic mass is 10.1. The molecule has 0 unspecified atom stereocenters. The van der Waals surface area contributed by atoms with Gasteiger partial charge in [0.15, 0.2) is 0 Å². The SMILES string of the molecule is CNC(=O)CN1CCO[C@@H]2CN(Cc3cccnc3)C[C@@H]21. The number of fused-ring (bicyclic) bond motifs is 1. The van der Waals surface area contributed by atoms with E-state index in [1.165, 1.54) is 5.56 Å². The van der Waals surface area contributed by atoms with Crippen molar-refractivity contribution >= 4 is 5.91 Å². The Morgan fingerprint density at radius 3 is 3.19 bits per heavy atom. The molecule has 0 aliphatic carbocycles. The Kier molecular flexibility index (Phi) is 4.48. The molecule has 2 saturated heterocycles. The number of rotatable bonds is 4. The average molecular weight is 290 g/mol. The average Bonchev–Trinajstić information content (AvgIpc) is 2.91. The molecule has 2 aliphatic heterocycles. The molecule has 2 fully saturated rings. The van der Waals surface area contributed by atoms with E-state index < -0.39 is 0 Å². The molecule has 1 aromatic rings. The highest BCUT2D eigenvalue weighted by Gasteiger charge is 2.40. The van der Waals surface area contributed by atoms with Crippen molar-refractivity contribution < 1.29 is 9.53 Å². The molecule has 21 heavy (non-hydrogen) atoms. The summed E-state index contributed by atoms with van der Waals surface area (Å²) >= 11 is 0. The first-order valence-electron chi connectivity index (χ1n) is 7.44. The monoisotopic (exact) mass is 290 g/mol. The number of pyridine rings is 1. The number of ether oxygens (including phenoxy) is 1. The molecular weight excluding hydrogens is 268 g/mol. The van der Waals surface area contributed by atoms with E-state index in [4.69, 9.17) is 4.74 Å². The summed E-state index contributed by atoms with van der Waals surface area (Å²) in [7, 11) is 1.68. The summed E-state index contributed by atoms with van der Waals surface area (Å²) in [6.07, 6.45) is 3.91. The number of amides is 1. The zero-order valence-electron chi connectivity index (χ0n) is 12.4. The highest BCUT2D eigenvalue weighted by atomic mass is 16.5. The van der Waals surface area contributed by atoms with E-state index in [2.05, 4.69) is 26.2 Å².